The van der Waals surface area contributed by atoms with Crippen LogP contribution in [0.15, 0.2) is 53.4 Å². The molecule has 1 saturated carbocycles. The second-order valence-corrected chi connectivity index (χ2v) is 8.74. The smallest absolute Gasteiger partial charge is 0.338 e. The van der Waals surface area contributed by atoms with E-state index in [-0.39, 0.29) is 16.2 Å². The highest BCUT2D eigenvalue weighted by molar-refractivity contribution is 7.92. The lowest BCUT2D eigenvalue weighted by Gasteiger charge is -2.22. The van der Waals surface area contributed by atoms with Crippen LogP contribution in [0.5, 0.6) is 5.75 Å². The van der Waals surface area contributed by atoms with Gasteiger partial charge in [0.1, 0.15) is 5.75 Å². The maximum atomic E-state index is 13.0. The van der Waals surface area contributed by atoms with Crippen molar-refractivity contribution in [1.29, 1.82) is 0 Å². The van der Waals surface area contributed by atoms with Gasteiger partial charge >= 0.3 is 5.97 Å². The van der Waals surface area contributed by atoms with Crippen LogP contribution in [0.1, 0.15) is 36.0 Å². The van der Waals surface area contributed by atoms with E-state index in [1.165, 1.54) is 38.4 Å². The molecule has 0 spiro atoms. The number of carbonyl (C=O) groups is 2. The summed E-state index contributed by atoms with van der Waals surface area (Å²) in [6, 6.07) is 12.3. The van der Waals surface area contributed by atoms with E-state index in [4.69, 9.17) is 9.47 Å². The average molecular weight is 417 g/mol. The number of hydrogen-bond acceptors (Lipinski definition) is 6. The number of ketones is 1. The lowest BCUT2D eigenvalue weighted by molar-refractivity contribution is -0.129. The number of methoxy groups -OCH3 is 1. The lowest BCUT2D eigenvalue weighted by atomic mass is 9.96. The molecule has 8 heteroatoms. The number of sulfonamides is 1. The Balaban J connectivity index is 1.78. The zero-order valence-corrected chi connectivity index (χ0v) is 17.1. The molecule has 0 aliphatic heterocycles. The van der Waals surface area contributed by atoms with Crippen molar-refractivity contribution in [3.63, 3.8) is 0 Å². The summed E-state index contributed by atoms with van der Waals surface area (Å²) in [5.74, 6) is -0.273. The summed E-state index contributed by atoms with van der Waals surface area (Å²) in [7, 11) is -0.952. The lowest BCUT2D eigenvalue weighted by Crippen LogP contribution is -2.30. The van der Waals surface area contributed by atoms with Gasteiger partial charge in [0, 0.05) is 13.5 Å². The van der Waals surface area contributed by atoms with Gasteiger partial charge < -0.3 is 9.47 Å². The SMILES string of the molecule is COc1ccccc1N(C)S(=O)(=O)c1ccc(C(=O)O[C@@H]2CCCCC2=O)cc1. The summed E-state index contributed by atoms with van der Waals surface area (Å²) >= 11 is 0. The Hall–Kier alpha value is -2.87. The van der Waals surface area contributed by atoms with Crippen LogP contribution < -0.4 is 9.04 Å². The van der Waals surface area contributed by atoms with Crippen molar-refractivity contribution < 1.29 is 27.5 Å². The summed E-state index contributed by atoms with van der Waals surface area (Å²) in [5, 5.41) is 0. The van der Waals surface area contributed by atoms with Gasteiger partial charge in [-0.15, -0.1) is 0 Å². The summed E-state index contributed by atoms with van der Waals surface area (Å²) in [5.41, 5.74) is 0.594. The number of hydrogen-bond donors (Lipinski definition) is 0. The molecular formula is C21H23NO6S. The van der Waals surface area contributed by atoms with E-state index >= 15 is 0 Å². The van der Waals surface area contributed by atoms with Crippen molar-refractivity contribution in [1.82, 2.24) is 0 Å². The van der Waals surface area contributed by atoms with E-state index in [9.17, 15) is 18.0 Å². The highest BCUT2D eigenvalue weighted by atomic mass is 32.2. The molecule has 0 aromatic heterocycles. The van der Waals surface area contributed by atoms with Gasteiger partial charge in [-0.2, -0.15) is 0 Å². The van der Waals surface area contributed by atoms with E-state index in [0.29, 0.717) is 24.3 Å². The van der Waals surface area contributed by atoms with Gasteiger partial charge in [0.25, 0.3) is 10.0 Å². The largest absolute Gasteiger partial charge is 0.495 e. The van der Waals surface area contributed by atoms with Crippen molar-refractivity contribution in [3.05, 3.63) is 54.1 Å². The van der Waals surface area contributed by atoms with E-state index < -0.39 is 22.1 Å². The van der Waals surface area contributed by atoms with Crippen LogP contribution >= 0.6 is 0 Å². The highest BCUT2D eigenvalue weighted by Gasteiger charge is 2.27. The fourth-order valence-corrected chi connectivity index (χ4v) is 4.42. The van der Waals surface area contributed by atoms with Crippen molar-refractivity contribution in [2.75, 3.05) is 18.5 Å². The first-order valence-corrected chi connectivity index (χ1v) is 10.7. The Morgan fingerprint density at radius 3 is 2.41 bits per heavy atom. The van der Waals surface area contributed by atoms with Gasteiger partial charge in [0.05, 0.1) is 23.3 Å². The molecule has 2 aromatic carbocycles. The molecule has 29 heavy (non-hydrogen) atoms. The zero-order chi connectivity index (χ0) is 21.0. The number of Topliss-reactive ketones (excluding diaryl/α,β-unsaturated/α-hetero) is 1. The van der Waals surface area contributed by atoms with Crippen LogP contribution in [0.25, 0.3) is 0 Å². The second kappa shape index (κ2) is 8.65. The molecule has 1 atom stereocenters. The normalized spacial score (nSPS) is 16.9. The van der Waals surface area contributed by atoms with Crippen LogP contribution in [-0.2, 0) is 19.6 Å². The Morgan fingerprint density at radius 2 is 1.76 bits per heavy atom. The third-order valence-electron chi connectivity index (χ3n) is 4.92. The van der Waals surface area contributed by atoms with Gasteiger partial charge in [-0.3, -0.25) is 9.10 Å². The molecule has 1 aliphatic carbocycles. The van der Waals surface area contributed by atoms with Crippen LogP contribution in [0.4, 0.5) is 5.69 Å². The number of anilines is 1. The molecule has 0 N–H and O–H groups in total. The van der Waals surface area contributed by atoms with Crippen LogP contribution in [0.3, 0.4) is 0 Å². The average Bonchev–Trinajstić information content (AvgIpc) is 2.74. The van der Waals surface area contributed by atoms with E-state index in [0.717, 1.165) is 17.1 Å². The minimum atomic E-state index is -3.86. The van der Waals surface area contributed by atoms with E-state index in [2.05, 4.69) is 0 Å². The molecule has 0 unspecified atom stereocenters. The number of carbonyl (C=O) groups excluding carboxylic acids is 2. The molecule has 154 valence electrons. The fraction of sp³-hybridized carbons (Fsp3) is 0.333. The highest BCUT2D eigenvalue weighted by Crippen LogP contribution is 2.31. The summed E-state index contributed by atoms with van der Waals surface area (Å²) in [6.07, 6.45) is 1.90. The monoisotopic (exact) mass is 417 g/mol. The first kappa shape index (κ1) is 20.9. The molecule has 1 fully saturated rings. The molecule has 0 bridgehead atoms. The van der Waals surface area contributed by atoms with Gasteiger partial charge in [-0.05, 0) is 55.7 Å². The quantitative estimate of drug-likeness (QED) is 0.671. The standard InChI is InChI=1S/C21H23NO6S/c1-22(17-7-3-5-9-19(17)27-2)29(25,26)16-13-11-15(12-14-16)21(24)28-20-10-6-4-8-18(20)23/h3,5,7,9,11-14,20H,4,6,8,10H2,1-2H3/t20-/m1/s1. The minimum Gasteiger partial charge on any atom is -0.495 e. The Labute approximate surface area is 170 Å². The number of rotatable bonds is 6. The van der Waals surface area contributed by atoms with Crippen molar-refractivity contribution in [2.45, 2.75) is 36.7 Å². The maximum absolute atomic E-state index is 13.0. The first-order valence-electron chi connectivity index (χ1n) is 9.30. The number of nitrogens with zero attached hydrogens (tertiary/aromatic N) is 1. The molecule has 3 rings (SSSR count). The zero-order valence-electron chi connectivity index (χ0n) is 16.3. The molecule has 0 radical (unpaired) electrons. The van der Waals surface area contributed by atoms with Crippen molar-refractivity contribution in [2.24, 2.45) is 0 Å². The van der Waals surface area contributed by atoms with E-state index in [1.807, 2.05) is 0 Å². The molecular weight excluding hydrogens is 394 g/mol. The third-order valence-corrected chi connectivity index (χ3v) is 6.71. The summed E-state index contributed by atoms with van der Waals surface area (Å²) in [4.78, 5) is 24.2. The molecule has 7 nitrogen and oxygen atoms in total. The Bertz CT molecular complexity index is 1000. The number of esters is 1. The topological polar surface area (TPSA) is 90.0 Å². The summed E-state index contributed by atoms with van der Waals surface area (Å²) < 4.78 is 37.6. The van der Waals surface area contributed by atoms with Crippen molar-refractivity contribution >= 4 is 27.5 Å². The fourth-order valence-electron chi connectivity index (χ4n) is 3.21. The minimum absolute atomic E-state index is 0.0243. The Morgan fingerprint density at radius 1 is 1.07 bits per heavy atom. The predicted octanol–water partition coefficient (Wildman–Crippen LogP) is 3.19. The number of para-hydroxylation sites is 2. The first-order chi connectivity index (χ1) is 13.8. The molecule has 1 aliphatic rings. The molecule has 0 heterocycles. The van der Waals surface area contributed by atoms with Gasteiger partial charge in [-0.1, -0.05) is 12.1 Å². The van der Waals surface area contributed by atoms with Gasteiger partial charge in [0.2, 0.25) is 0 Å². The van der Waals surface area contributed by atoms with Crippen LogP contribution in [0, 0.1) is 0 Å². The molecule has 2 aromatic rings. The third kappa shape index (κ3) is 4.42. The number of ether oxygens (including phenoxy) is 2. The van der Waals surface area contributed by atoms with Crippen LogP contribution in [-0.4, -0.2) is 40.4 Å². The molecule has 0 amide bonds. The van der Waals surface area contributed by atoms with Crippen molar-refractivity contribution in [3.8, 4) is 5.75 Å². The second-order valence-electron chi connectivity index (χ2n) is 6.77. The molecule has 0 saturated heterocycles. The Kier molecular flexibility index (Phi) is 6.22. The number of benzene rings is 2. The summed E-state index contributed by atoms with van der Waals surface area (Å²) in [6.45, 7) is 0. The van der Waals surface area contributed by atoms with Crippen LogP contribution in [0.2, 0.25) is 0 Å². The maximum Gasteiger partial charge on any atom is 0.338 e. The van der Waals surface area contributed by atoms with Gasteiger partial charge in [-0.25, -0.2) is 13.2 Å². The predicted molar refractivity (Wildman–Crippen MR) is 108 cm³/mol. The van der Waals surface area contributed by atoms with Gasteiger partial charge in [0.15, 0.2) is 11.9 Å². The van der Waals surface area contributed by atoms with E-state index in [1.54, 1.807) is 24.3 Å².